The summed E-state index contributed by atoms with van der Waals surface area (Å²) < 4.78 is 5.36. The molecule has 144 valence electrons. The molecule has 0 spiro atoms. The summed E-state index contributed by atoms with van der Waals surface area (Å²) in [6.45, 7) is 6.22. The van der Waals surface area contributed by atoms with E-state index in [1.54, 1.807) is 18.3 Å². The fraction of sp³-hybridized carbons (Fsp3) is 0.450. The van der Waals surface area contributed by atoms with E-state index in [9.17, 15) is 4.79 Å². The molecular weight excluding hydrogens is 364 g/mol. The number of benzene rings is 1. The first-order valence-electron chi connectivity index (χ1n) is 9.28. The van der Waals surface area contributed by atoms with E-state index in [4.69, 9.17) is 16.3 Å². The zero-order valence-electron chi connectivity index (χ0n) is 15.7. The third kappa shape index (κ3) is 5.40. The topological polar surface area (TPSA) is 76.1 Å². The highest BCUT2D eigenvalue weighted by Gasteiger charge is 2.19. The molecular formula is C20H25ClN4O2. The molecule has 6 nitrogen and oxygen atoms in total. The first kappa shape index (κ1) is 19.6. The minimum absolute atomic E-state index is 0.0942. The van der Waals surface area contributed by atoms with Crippen molar-refractivity contribution in [2.75, 3.05) is 25.1 Å². The van der Waals surface area contributed by atoms with Gasteiger partial charge in [0.25, 0.3) is 5.91 Å². The molecule has 2 aromatic rings. The summed E-state index contributed by atoms with van der Waals surface area (Å²) in [7, 11) is 0. The number of rotatable bonds is 6. The molecule has 1 fully saturated rings. The van der Waals surface area contributed by atoms with Crippen molar-refractivity contribution in [1.82, 2.24) is 15.3 Å². The van der Waals surface area contributed by atoms with Crippen molar-refractivity contribution in [3.8, 4) is 0 Å². The van der Waals surface area contributed by atoms with Gasteiger partial charge in [-0.3, -0.25) is 4.79 Å². The van der Waals surface area contributed by atoms with Crippen LogP contribution in [-0.4, -0.2) is 35.6 Å². The van der Waals surface area contributed by atoms with Crippen molar-refractivity contribution in [3.63, 3.8) is 0 Å². The summed E-state index contributed by atoms with van der Waals surface area (Å²) in [4.78, 5) is 21.5. The maximum Gasteiger partial charge on any atom is 0.254 e. The van der Waals surface area contributed by atoms with Crippen molar-refractivity contribution in [3.05, 3.63) is 46.7 Å². The molecule has 0 bridgehead atoms. The number of anilines is 2. The maximum atomic E-state index is 12.7. The first-order valence-corrected chi connectivity index (χ1v) is 9.66. The van der Waals surface area contributed by atoms with Crippen LogP contribution in [-0.2, 0) is 4.74 Å². The van der Waals surface area contributed by atoms with Gasteiger partial charge in [0.15, 0.2) is 0 Å². The lowest BCUT2D eigenvalue weighted by Gasteiger charge is -2.22. The molecule has 27 heavy (non-hydrogen) atoms. The van der Waals surface area contributed by atoms with Gasteiger partial charge in [0.1, 0.15) is 0 Å². The standard InChI is InChI=1S/C20H25ClN4O2/c1-13(2)18-17(19(26)22-11-14-6-8-27-9-7-14)12-23-20(25-18)24-16-5-3-4-15(21)10-16/h3-5,10,12-14H,6-9,11H2,1-2H3,(H,22,26)(H,23,24,25). The number of nitrogens with zero attached hydrogens (tertiary/aromatic N) is 2. The van der Waals surface area contributed by atoms with E-state index in [-0.39, 0.29) is 11.8 Å². The zero-order valence-corrected chi connectivity index (χ0v) is 16.4. The minimum atomic E-state index is -0.125. The Kier molecular flexibility index (Phi) is 6.63. The smallest absolute Gasteiger partial charge is 0.254 e. The molecule has 0 radical (unpaired) electrons. The predicted molar refractivity (Wildman–Crippen MR) is 107 cm³/mol. The molecule has 2 heterocycles. The number of aromatic nitrogens is 2. The zero-order chi connectivity index (χ0) is 19.2. The summed E-state index contributed by atoms with van der Waals surface area (Å²) in [6.07, 6.45) is 3.56. The number of halogens is 1. The second-order valence-corrected chi connectivity index (χ2v) is 7.48. The molecule has 1 aromatic carbocycles. The van der Waals surface area contributed by atoms with Crippen LogP contribution in [0.15, 0.2) is 30.5 Å². The van der Waals surface area contributed by atoms with Crippen molar-refractivity contribution >= 4 is 29.1 Å². The number of nitrogens with one attached hydrogen (secondary N) is 2. The van der Waals surface area contributed by atoms with Gasteiger partial charge in [-0.1, -0.05) is 31.5 Å². The highest BCUT2D eigenvalue weighted by Crippen LogP contribution is 2.22. The third-order valence-electron chi connectivity index (χ3n) is 4.58. The van der Waals surface area contributed by atoms with Crippen LogP contribution >= 0.6 is 11.6 Å². The van der Waals surface area contributed by atoms with Gasteiger partial charge in [0.05, 0.1) is 11.3 Å². The second kappa shape index (κ2) is 9.15. The van der Waals surface area contributed by atoms with Crippen LogP contribution in [0.2, 0.25) is 5.02 Å². The average Bonchev–Trinajstić information content (AvgIpc) is 2.67. The maximum absolute atomic E-state index is 12.7. The number of ether oxygens (including phenoxy) is 1. The summed E-state index contributed by atoms with van der Waals surface area (Å²) in [5.74, 6) is 0.882. The Morgan fingerprint density at radius 1 is 1.33 bits per heavy atom. The number of amides is 1. The molecule has 1 aromatic heterocycles. The minimum Gasteiger partial charge on any atom is -0.381 e. The largest absolute Gasteiger partial charge is 0.381 e. The Morgan fingerprint density at radius 3 is 2.81 bits per heavy atom. The Balaban J connectivity index is 1.71. The van der Waals surface area contributed by atoms with E-state index in [1.165, 1.54) is 0 Å². The molecule has 0 saturated carbocycles. The highest BCUT2D eigenvalue weighted by molar-refractivity contribution is 6.30. The van der Waals surface area contributed by atoms with Gasteiger partial charge in [0, 0.05) is 36.7 Å². The van der Waals surface area contributed by atoms with Crippen LogP contribution in [0.4, 0.5) is 11.6 Å². The molecule has 0 atom stereocenters. The number of carbonyl (C=O) groups is 1. The quantitative estimate of drug-likeness (QED) is 0.777. The van der Waals surface area contributed by atoms with Crippen molar-refractivity contribution < 1.29 is 9.53 Å². The van der Waals surface area contributed by atoms with Gasteiger partial charge in [-0.25, -0.2) is 9.97 Å². The van der Waals surface area contributed by atoms with Gasteiger partial charge in [0.2, 0.25) is 5.95 Å². The van der Waals surface area contributed by atoms with Crippen molar-refractivity contribution in [2.45, 2.75) is 32.6 Å². The van der Waals surface area contributed by atoms with Gasteiger partial charge in [-0.05, 0) is 42.9 Å². The van der Waals surface area contributed by atoms with Crippen LogP contribution < -0.4 is 10.6 Å². The normalized spacial score (nSPS) is 15.0. The average molecular weight is 389 g/mol. The van der Waals surface area contributed by atoms with Crippen LogP contribution in [0, 0.1) is 5.92 Å². The van der Waals surface area contributed by atoms with E-state index in [0.717, 1.165) is 37.4 Å². The third-order valence-corrected chi connectivity index (χ3v) is 4.82. The van der Waals surface area contributed by atoms with Gasteiger partial charge in [-0.2, -0.15) is 0 Å². The van der Waals surface area contributed by atoms with Crippen molar-refractivity contribution in [2.24, 2.45) is 5.92 Å². The van der Waals surface area contributed by atoms with E-state index in [2.05, 4.69) is 20.6 Å². The van der Waals surface area contributed by atoms with Crippen LogP contribution in [0.3, 0.4) is 0 Å². The molecule has 1 aliphatic heterocycles. The van der Waals surface area contributed by atoms with Gasteiger partial charge >= 0.3 is 0 Å². The van der Waals surface area contributed by atoms with E-state index in [1.807, 2.05) is 26.0 Å². The molecule has 0 aliphatic carbocycles. The number of hydrogen-bond acceptors (Lipinski definition) is 5. The summed E-state index contributed by atoms with van der Waals surface area (Å²) in [6, 6.07) is 7.35. The van der Waals surface area contributed by atoms with Crippen LogP contribution in [0.5, 0.6) is 0 Å². The summed E-state index contributed by atoms with van der Waals surface area (Å²) in [5.41, 5.74) is 2.04. The van der Waals surface area contributed by atoms with Crippen LogP contribution in [0.1, 0.15) is 48.7 Å². The molecule has 3 rings (SSSR count). The lowest BCUT2D eigenvalue weighted by atomic mass is 10.00. The van der Waals surface area contributed by atoms with Crippen LogP contribution in [0.25, 0.3) is 0 Å². The summed E-state index contributed by atoms with van der Waals surface area (Å²) in [5, 5.41) is 6.80. The number of hydrogen-bond donors (Lipinski definition) is 2. The fourth-order valence-electron chi connectivity index (χ4n) is 3.05. The van der Waals surface area contributed by atoms with Crippen molar-refractivity contribution in [1.29, 1.82) is 0 Å². The van der Waals surface area contributed by atoms with Gasteiger partial charge < -0.3 is 15.4 Å². The molecule has 1 saturated heterocycles. The molecule has 1 aliphatic rings. The lowest BCUT2D eigenvalue weighted by molar-refractivity contribution is 0.0642. The fourth-order valence-corrected chi connectivity index (χ4v) is 3.24. The van der Waals surface area contributed by atoms with Gasteiger partial charge in [-0.15, -0.1) is 0 Å². The Morgan fingerprint density at radius 2 is 2.11 bits per heavy atom. The Labute approximate surface area is 164 Å². The number of carbonyl (C=O) groups excluding carboxylic acids is 1. The SMILES string of the molecule is CC(C)c1nc(Nc2cccc(Cl)c2)ncc1C(=O)NCC1CCOCC1. The van der Waals surface area contributed by atoms with E-state index < -0.39 is 0 Å². The molecule has 0 unspecified atom stereocenters. The highest BCUT2D eigenvalue weighted by atomic mass is 35.5. The molecule has 2 N–H and O–H groups in total. The van der Waals surface area contributed by atoms with E-state index >= 15 is 0 Å². The van der Waals surface area contributed by atoms with E-state index in [0.29, 0.717) is 29.0 Å². The first-order chi connectivity index (χ1) is 13.0. The lowest BCUT2D eigenvalue weighted by Crippen LogP contribution is -2.33. The summed E-state index contributed by atoms with van der Waals surface area (Å²) >= 11 is 6.02. The predicted octanol–water partition coefficient (Wildman–Crippen LogP) is 4.15. The Bertz CT molecular complexity index is 791. The monoisotopic (exact) mass is 388 g/mol. The Hall–Kier alpha value is -2.18. The second-order valence-electron chi connectivity index (χ2n) is 7.05. The molecule has 1 amide bonds. The molecule has 7 heteroatoms.